The number of amides is 1. The van der Waals surface area contributed by atoms with Crippen LogP contribution in [0.1, 0.15) is 61.9 Å². The minimum absolute atomic E-state index is 0.0940. The number of carbonyl (C=O) groups excluding carboxylic acids is 2. The zero-order chi connectivity index (χ0) is 30.1. The number of ether oxygens (including phenoxy) is 2. The third kappa shape index (κ3) is 7.21. The minimum Gasteiger partial charge on any atom is -0.507 e. The number of aliphatic hydroxyl groups excluding tert-OH is 1. The van der Waals surface area contributed by atoms with Crippen molar-refractivity contribution in [3.05, 3.63) is 101 Å². The fourth-order valence-electron chi connectivity index (χ4n) is 5.17. The van der Waals surface area contributed by atoms with E-state index in [0.717, 1.165) is 48.4 Å². The van der Waals surface area contributed by atoms with E-state index in [1.165, 1.54) is 0 Å². The second-order valence-corrected chi connectivity index (χ2v) is 10.5. The highest BCUT2D eigenvalue weighted by Crippen LogP contribution is 2.40. The molecule has 0 saturated carbocycles. The van der Waals surface area contributed by atoms with Crippen molar-refractivity contribution in [2.24, 2.45) is 0 Å². The molecule has 1 aliphatic heterocycles. The Morgan fingerprint density at radius 1 is 0.929 bits per heavy atom. The number of likely N-dealkylation sites (tertiary alicyclic amines) is 1. The van der Waals surface area contributed by atoms with E-state index in [4.69, 9.17) is 9.47 Å². The van der Waals surface area contributed by atoms with E-state index < -0.39 is 17.7 Å². The van der Waals surface area contributed by atoms with E-state index in [0.29, 0.717) is 37.6 Å². The van der Waals surface area contributed by atoms with Gasteiger partial charge < -0.3 is 24.4 Å². The Balaban J connectivity index is 1.67. The smallest absolute Gasteiger partial charge is 0.295 e. The number of carbonyl (C=O) groups is 2. The first-order chi connectivity index (χ1) is 20.4. The van der Waals surface area contributed by atoms with Gasteiger partial charge in [-0.05, 0) is 73.5 Å². The summed E-state index contributed by atoms with van der Waals surface area (Å²) in [5, 5.41) is 11.5. The van der Waals surface area contributed by atoms with Gasteiger partial charge in [-0.3, -0.25) is 9.59 Å². The number of benzene rings is 3. The maximum absolute atomic E-state index is 13.5. The molecule has 0 aliphatic carbocycles. The molecular formula is C35H42N2O5. The number of rotatable bonds is 14. The summed E-state index contributed by atoms with van der Waals surface area (Å²) in [6.45, 7) is 11.9. The molecule has 1 heterocycles. The summed E-state index contributed by atoms with van der Waals surface area (Å²) in [5.74, 6) is -0.0488. The summed E-state index contributed by atoms with van der Waals surface area (Å²) in [6.07, 6.45) is 1.99. The molecule has 0 radical (unpaired) electrons. The SMILES string of the molecule is CCCCOc1ccc(C(O)=C2C(=O)C(=O)N(CCN(CC)CC)C2c2ccc(OCc3ccccc3)cc2)cc1C. The van der Waals surface area contributed by atoms with E-state index in [9.17, 15) is 14.7 Å². The molecule has 0 bridgehead atoms. The van der Waals surface area contributed by atoms with Gasteiger partial charge in [-0.2, -0.15) is 0 Å². The Bertz CT molecular complexity index is 1380. The molecule has 7 heteroatoms. The number of Topliss-reactive ketones (excluding diaryl/α,β-unsaturated/α-hetero) is 1. The van der Waals surface area contributed by atoms with Crippen molar-refractivity contribution in [2.45, 2.75) is 53.2 Å². The van der Waals surface area contributed by atoms with Crippen molar-refractivity contribution in [3.8, 4) is 11.5 Å². The van der Waals surface area contributed by atoms with Crippen molar-refractivity contribution in [1.29, 1.82) is 0 Å². The largest absolute Gasteiger partial charge is 0.507 e. The second kappa shape index (κ2) is 14.7. The number of hydrogen-bond donors (Lipinski definition) is 1. The third-order valence-electron chi connectivity index (χ3n) is 7.74. The van der Waals surface area contributed by atoms with Gasteiger partial charge in [0.05, 0.1) is 18.2 Å². The maximum Gasteiger partial charge on any atom is 0.295 e. The van der Waals surface area contributed by atoms with Crippen LogP contribution >= 0.6 is 0 Å². The van der Waals surface area contributed by atoms with Crippen molar-refractivity contribution < 1.29 is 24.2 Å². The average molecular weight is 571 g/mol. The topological polar surface area (TPSA) is 79.3 Å². The minimum atomic E-state index is -0.718. The van der Waals surface area contributed by atoms with Crippen molar-refractivity contribution in [3.63, 3.8) is 0 Å². The molecule has 4 rings (SSSR count). The molecule has 1 N–H and O–H groups in total. The number of aliphatic hydroxyl groups is 1. The fraction of sp³-hybridized carbons (Fsp3) is 0.371. The Hall–Kier alpha value is -4.10. The number of hydrogen-bond acceptors (Lipinski definition) is 6. The third-order valence-corrected chi connectivity index (χ3v) is 7.74. The quantitative estimate of drug-likeness (QED) is 0.103. The molecule has 1 aliphatic rings. The van der Waals surface area contributed by atoms with Crippen LogP contribution in [-0.2, 0) is 16.2 Å². The Labute approximate surface area is 249 Å². The lowest BCUT2D eigenvalue weighted by atomic mass is 9.94. The molecule has 0 aromatic heterocycles. The molecular weight excluding hydrogens is 528 g/mol. The Morgan fingerprint density at radius 3 is 2.29 bits per heavy atom. The number of ketones is 1. The van der Waals surface area contributed by atoms with E-state index in [1.54, 1.807) is 17.0 Å². The van der Waals surface area contributed by atoms with Crippen LogP contribution in [0, 0.1) is 6.92 Å². The second-order valence-electron chi connectivity index (χ2n) is 10.5. The summed E-state index contributed by atoms with van der Waals surface area (Å²) in [4.78, 5) is 30.7. The molecule has 1 saturated heterocycles. The van der Waals surface area contributed by atoms with Gasteiger partial charge in [-0.25, -0.2) is 0 Å². The normalized spacial score (nSPS) is 16.3. The lowest BCUT2D eigenvalue weighted by Gasteiger charge is -2.28. The molecule has 3 aromatic rings. The first-order valence-electron chi connectivity index (χ1n) is 14.9. The highest BCUT2D eigenvalue weighted by atomic mass is 16.5. The first kappa shape index (κ1) is 30.8. The highest BCUT2D eigenvalue weighted by molar-refractivity contribution is 6.46. The molecule has 1 atom stereocenters. The number of aryl methyl sites for hydroxylation is 1. The molecule has 42 heavy (non-hydrogen) atoms. The molecule has 7 nitrogen and oxygen atoms in total. The molecule has 222 valence electrons. The first-order valence-corrected chi connectivity index (χ1v) is 14.9. The zero-order valence-electron chi connectivity index (χ0n) is 25.1. The summed E-state index contributed by atoms with van der Waals surface area (Å²) >= 11 is 0. The standard InChI is InChI=1S/C35H42N2O5/c1-5-8-22-41-30-19-16-28(23-25(30)4)33(38)31-32(37(35(40)34(31)39)21-20-36(6-2)7-3)27-14-17-29(18-15-27)42-24-26-12-10-9-11-13-26/h9-19,23,32,38H,5-8,20-22,24H2,1-4H3. The van der Waals surface area contributed by atoms with Crippen LogP contribution in [0.15, 0.2) is 78.4 Å². The van der Waals surface area contributed by atoms with E-state index in [2.05, 4.69) is 25.7 Å². The van der Waals surface area contributed by atoms with E-state index >= 15 is 0 Å². The highest BCUT2D eigenvalue weighted by Gasteiger charge is 2.46. The number of likely N-dealkylation sites (N-methyl/N-ethyl adjacent to an activating group) is 1. The van der Waals surface area contributed by atoms with Gasteiger partial charge in [-0.1, -0.05) is 69.7 Å². The fourth-order valence-corrected chi connectivity index (χ4v) is 5.17. The summed E-state index contributed by atoms with van der Waals surface area (Å²) in [7, 11) is 0. The summed E-state index contributed by atoms with van der Waals surface area (Å²) in [6, 6.07) is 22.0. The monoisotopic (exact) mass is 570 g/mol. The van der Waals surface area contributed by atoms with Crippen LogP contribution in [0.3, 0.4) is 0 Å². The average Bonchev–Trinajstić information content (AvgIpc) is 3.27. The molecule has 1 fully saturated rings. The molecule has 1 unspecified atom stereocenters. The van der Waals surface area contributed by atoms with E-state index in [1.807, 2.05) is 67.6 Å². The van der Waals surface area contributed by atoms with Crippen LogP contribution in [0.5, 0.6) is 11.5 Å². The summed E-state index contributed by atoms with van der Waals surface area (Å²) in [5.41, 5.74) is 3.21. The predicted molar refractivity (Wildman–Crippen MR) is 166 cm³/mol. The van der Waals surface area contributed by atoms with Crippen molar-refractivity contribution in [1.82, 2.24) is 9.80 Å². The van der Waals surface area contributed by atoms with Gasteiger partial charge in [0, 0.05) is 18.7 Å². The summed E-state index contributed by atoms with van der Waals surface area (Å²) < 4.78 is 11.8. The zero-order valence-corrected chi connectivity index (χ0v) is 25.1. The predicted octanol–water partition coefficient (Wildman–Crippen LogP) is 6.52. The van der Waals surface area contributed by atoms with Gasteiger partial charge in [0.2, 0.25) is 0 Å². The van der Waals surface area contributed by atoms with Crippen LogP contribution < -0.4 is 9.47 Å². The van der Waals surface area contributed by atoms with E-state index in [-0.39, 0.29) is 11.3 Å². The molecule has 3 aromatic carbocycles. The van der Waals surface area contributed by atoms with Gasteiger partial charge in [0.25, 0.3) is 11.7 Å². The maximum atomic E-state index is 13.5. The molecule has 0 spiro atoms. The number of nitrogens with zero attached hydrogens (tertiary/aromatic N) is 2. The van der Waals surface area contributed by atoms with Gasteiger partial charge in [0.1, 0.15) is 23.9 Å². The van der Waals surface area contributed by atoms with Crippen LogP contribution in [0.25, 0.3) is 5.76 Å². The van der Waals surface area contributed by atoms with Crippen LogP contribution in [-0.4, -0.2) is 59.4 Å². The van der Waals surface area contributed by atoms with Crippen LogP contribution in [0.4, 0.5) is 0 Å². The van der Waals surface area contributed by atoms with Gasteiger partial charge >= 0.3 is 0 Å². The van der Waals surface area contributed by atoms with Crippen molar-refractivity contribution in [2.75, 3.05) is 32.8 Å². The van der Waals surface area contributed by atoms with Gasteiger partial charge in [-0.15, -0.1) is 0 Å². The number of unbranched alkanes of at least 4 members (excludes halogenated alkanes) is 1. The Morgan fingerprint density at radius 2 is 1.64 bits per heavy atom. The van der Waals surface area contributed by atoms with Gasteiger partial charge in [0.15, 0.2) is 0 Å². The lowest BCUT2D eigenvalue weighted by molar-refractivity contribution is -0.140. The van der Waals surface area contributed by atoms with Crippen molar-refractivity contribution >= 4 is 17.4 Å². The van der Waals surface area contributed by atoms with Crippen LogP contribution in [0.2, 0.25) is 0 Å². The molecule has 1 amide bonds. The Kier molecular flexibility index (Phi) is 10.8. The lowest BCUT2D eigenvalue weighted by Crippen LogP contribution is -2.38.